The number of hydrogen-bond acceptors (Lipinski definition) is 3. The summed E-state index contributed by atoms with van der Waals surface area (Å²) in [5.41, 5.74) is 3.96. The lowest BCUT2D eigenvalue weighted by molar-refractivity contribution is 0.0602. The molecule has 2 aromatic rings. The van der Waals surface area contributed by atoms with Gasteiger partial charge in [-0.2, -0.15) is 0 Å². The Labute approximate surface area is 128 Å². The highest BCUT2D eigenvalue weighted by atomic mass is 35.5. The Morgan fingerprint density at radius 3 is 2.76 bits per heavy atom. The highest BCUT2D eigenvalue weighted by Crippen LogP contribution is 2.28. The van der Waals surface area contributed by atoms with Crippen LogP contribution in [-0.4, -0.2) is 19.1 Å². The van der Waals surface area contributed by atoms with Crippen LogP contribution < -0.4 is 5.32 Å². The van der Waals surface area contributed by atoms with Crippen LogP contribution in [-0.2, 0) is 17.6 Å². The monoisotopic (exact) mass is 301 g/mol. The van der Waals surface area contributed by atoms with Gasteiger partial charge in [-0.1, -0.05) is 29.8 Å². The van der Waals surface area contributed by atoms with Gasteiger partial charge < -0.3 is 10.1 Å². The number of benzene rings is 2. The maximum atomic E-state index is 11.8. The topological polar surface area (TPSA) is 38.3 Å². The van der Waals surface area contributed by atoms with E-state index in [1.807, 2.05) is 30.3 Å². The van der Waals surface area contributed by atoms with Crippen molar-refractivity contribution in [2.45, 2.75) is 18.9 Å². The molecule has 3 rings (SSSR count). The second-order valence-corrected chi connectivity index (χ2v) is 5.64. The zero-order valence-corrected chi connectivity index (χ0v) is 12.5. The molecule has 3 nitrogen and oxygen atoms in total. The van der Waals surface area contributed by atoms with Crippen LogP contribution in [0.1, 0.15) is 21.5 Å². The largest absolute Gasteiger partial charge is 0.465 e. The molecule has 0 spiro atoms. The van der Waals surface area contributed by atoms with Gasteiger partial charge >= 0.3 is 5.97 Å². The molecule has 0 fully saturated rings. The van der Waals surface area contributed by atoms with Crippen molar-refractivity contribution in [1.29, 1.82) is 0 Å². The predicted octanol–water partition coefficient (Wildman–Crippen LogP) is 3.71. The van der Waals surface area contributed by atoms with Crippen molar-refractivity contribution in [2.24, 2.45) is 0 Å². The maximum Gasteiger partial charge on any atom is 0.339 e. The molecule has 0 amide bonds. The van der Waals surface area contributed by atoms with Gasteiger partial charge in [0.2, 0.25) is 0 Å². The van der Waals surface area contributed by atoms with Crippen LogP contribution in [0.25, 0.3) is 0 Å². The first-order valence-corrected chi connectivity index (χ1v) is 7.26. The van der Waals surface area contributed by atoms with Crippen LogP contribution in [0, 0.1) is 0 Å². The number of rotatable bonds is 3. The van der Waals surface area contributed by atoms with Crippen molar-refractivity contribution < 1.29 is 9.53 Å². The predicted molar refractivity (Wildman–Crippen MR) is 84.1 cm³/mol. The van der Waals surface area contributed by atoms with Gasteiger partial charge in [0.25, 0.3) is 0 Å². The number of carbonyl (C=O) groups excluding carboxylic acids is 1. The number of esters is 1. The van der Waals surface area contributed by atoms with E-state index in [1.54, 1.807) is 6.07 Å². The normalized spacial score (nSPS) is 16.4. The minimum atomic E-state index is -0.323. The molecule has 0 saturated heterocycles. The highest BCUT2D eigenvalue weighted by molar-refractivity contribution is 6.30. The van der Waals surface area contributed by atoms with Crippen LogP contribution in [0.15, 0.2) is 42.5 Å². The summed E-state index contributed by atoms with van der Waals surface area (Å²) in [4.78, 5) is 11.8. The molecule has 1 unspecified atom stereocenters. The van der Waals surface area contributed by atoms with Crippen molar-refractivity contribution in [3.63, 3.8) is 0 Å². The minimum Gasteiger partial charge on any atom is -0.465 e. The average molecular weight is 302 g/mol. The van der Waals surface area contributed by atoms with Crippen LogP contribution in [0.2, 0.25) is 5.02 Å². The molecule has 1 aliphatic rings. The first-order chi connectivity index (χ1) is 10.2. The Morgan fingerprint density at radius 2 is 1.95 bits per heavy atom. The van der Waals surface area contributed by atoms with E-state index in [1.165, 1.54) is 18.2 Å². The van der Waals surface area contributed by atoms with Crippen LogP contribution >= 0.6 is 11.6 Å². The van der Waals surface area contributed by atoms with Crippen molar-refractivity contribution in [1.82, 2.24) is 0 Å². The summed E-state index contributed by atoms with van der Waals surface area (Å²) in [5, 5.41) is 4.22. The fourth-order valence-corrected chi connectivity index (χ4v) is 3.00. The van der Waals surface area contributed by atoms with Gasteiger partial charge in [-0.05, 0) is 48.2 Å². The first-order valence-electron chi connectivity index (χ1n) is 6.88. The summed E-state index contributed by atoms with van der Waals surface area (Å²) in [6, 6.07) is 13.7. The minimum absolute atomic E-state index is 0.268. The summed E-state index contributed by atoms with van der Waals surface area (Å²) in [6.45, 7) is 0. The molecular formula is C17H16ClNO2. The quantitative estimate of drug-likeness (QED) is 0.878. The molecule has 2 aromatic carbocycles. The lowest BCUT2D eigenvalue weighted by Crippen LogP contribution is -2.21. The molecule has 0 aliphatic heterocycles. The Balaban J connectivity index is 1.79. The molecular weight excluding hydrogens is 286 g/mol. The number of nitrogens with one attached hydrogen (secondary N) is 1. The van der Waals surface area contributed by atoms with Crippen LogP contribution in [0.5, 0.6) is 0 Å². The second kappa shape index (κ2) is 5.78. The highest BCUT2D eigenvalue weighted by Gasteiger charge is 2.23. The Morgan fingerprint density at radius 1 is 1.19 bits per heavy atom. The van der Waals surface area contributed by atoms with Crippen molar-refractivity contribution in [3.8, 4) is 0 Å². The van der Waals surface area contributed by atoms with Crippen LogP contribution in [0.3, 0.4) is 0 Å². The Kier molecular flexibility index (Phi) is 3.84. The molecule has 21 heavy (non-hydrogen) atoms. The van der Waals surface area contributed by atoms with Crippen molar-refractivity contribution >= 4 is 23.3 Å². The Bertz CT molecular complexity index is 684. The fraction of sp³-hybridized carbons (Fsp3) is 0.235. The smallest absolute Gasteiger partial charge is 0.339 e. The van der Waals surface area contributed by atoms with Gasteiger partial charge in [0.15, 0.2) is 0 Å². The summed E-state index contributed by atoms with van der Waals surface area (Å²) in [6.07, 6.45) is 1.84. The zero-order valence-electron chi connectivity index (χ0n) is 11.7. The van der Waals surface area contributed by atoms with Gasteiger partial charge in [0.05, 0.1) is 12.7 Å². The van der Waals surface area contributed by atoms with E-state index < -0.39 is 0 Å². The summed E-state index contributed by atoms with van der Waals surface area (Å²) in [7, 11) is 1.40. The Hall–Kier alpha value is -2.00. The van der Waals surface area contributed by atoms with Gasteiger partial charge in [0, 0.05) is 16.8 Å². The molecule has 0 bridgehead atoms. The molecule has 0 radical (unpaired) electrons. The second-order valence-electron chi connectivity index (χ2n) is 5.20. The van der Waals surface area contributed by atoms with Crippen molar-refractivity contribution in [2.75, 3.05) is 12.4 Å². The fourth-order valence-electron chi connectivity index (χ4n) is 2.81. The lowest BCUT2D eigenvalue weighted by atomic mass is 10.1. The number of methoxy groups -OCH3 is 1. The molecule has 0 saturated carbocycles. The first kappa shape index (κ1) is 14.0. The third-order valence-corrected chi connectivity index (χ3v) is 4.03. The third kappa shape index (κ3) is 2.88. The van der Waals surface area contributed by atoms with E-state index in [9.17, 15) is 4.79 Å². The van der Waals surface area contributed by atoms with E-state index in [4.69, 9.17) is 16.3 Å². The zero-order chi connectivity index (χ0) is 14.8. The molecule has 0 heterocycles. The number of fused-ring (bicyclic) bond motifs is 1. The molecule has 1 aliphatic carbocycles. The van der Waals surface area contributed by atoms with Gasteiger partial charge in [0.1, 0.15) is 0 Å². The van der Waals surface area contributed by atoms with E-state index in [0.717, 1.165) is 23.6 Å². The number of hydrogen-bond donors (Lipinski definition) is 1. The van der Waals surface area contributed by atoms with Gasteiger partial charge in [-0.25, -0.2) is 4.79 Å². The molecule has 4 heteroatoms. The SMILES string of the molecule is COC(=O)c1ccccc1NC1Cc2ccc(Cl)cc2C1. The van der Waals surface area contributed by atoms with Gasteiger partial charge in [-0.15, -0.1) is 0 Å². The number of anilines is 1. The maximum absolute atomic E-state index is 11.8. The summed E-state index contributed by atoms with van der Waals surface area (Å²) < 4.78 is 4.82. The van der Waals surface area contributed by atoms with E-state index in [0.29, 0.717) is 5.56 Å². The number of halogens is 1. The van der Waals surface area contributed by atoms with E-state index in [-0.39, 0.29) is 12.0 Å². The summed E-state index contributed by atoms with van der Waals surface area (Å²) in [5.74, 6) is -0.323. The molecule has 0 aromatic heterocycles. The molecule has 1 N–H and O–H groups in total. The standard InChI is InChI=1S/C17H16ClNO2/c1-21-17(20)15-4-2-3-5-16(15)19-14-9-11-6-7-13(18)8-12(11)10-14/h2-8,14,19H,9-10H2,1H3. The van der Waals surface area contributed by atoms with Gasteiger partial charge in [-0.3, -0.25) is 0 Å². The molecule has 1 atom stereocenters. The summed E-state index contributed by atoms with van der Waals surface area (Å²) >= 11 is 6.04. The van der Waals surface area contributed by atoms with E-state index >= 15 is 0 Å². The number of ether oxygens (including phenoxy) is 1. The third-order valence-electron chi connectivity index (χ3n) is 3.79. The van der Waals surface area contributed by atoms with E-state index in [2.05, 4.69) is 11.4 Å². The lowest BCUT2D eigenvalue weighted by Gasteiger charge is -2.16. The average Bonchev–Trinajstić information content (AvgIpc) is 2.88. The van der Waals surface area contributed by atoms with Crippen molar-refractivity contribution in [3.05, 3.63) is 64.2 Å². The van der Waals surface area contributed by atoms with Crippen LogP contribution in [0.4, 0.5) is 5.69 Å². The number of carbonyl (C=O) groups is 1. The molecule has 108 valence electrons. The number of para-hydroxylation sites is 1.